The molecule has 0 aliphatic carbocycles. The van der Waals surface area contributed by atoms with Crippen LogP contribution in [-0.4, -0.2) is 55.4 Å². The topological polar surface area (TPSA) is 27.7 Å². The van der Waals surface area contributed by atoms with Gasteiger partial charge in [-0.05, 0) is 57.1 Å². The average Bonchev–Trinajstić information content (AvgIpc) is 2.56. The van der Waals surface area contributed by atoms with Crippen molar-refractivity contribution in [3.63, 3.8) is 0 Å². The number of hydrogen-bond donors (Lipinski definition) is 1. The summed E-state index contributed by atoms with van der Waals surface area (Å²) in [7, 11) is 0. The van der Waals surface area contributed by atoms with Crippen molar-refractivity contribution < 1.29 is 4.74 Å². The van der Waals surface area contributed by atoms with Crippen molar-refractivity contribution in [3.05, 3.63) is 28.8 Å². The number of benzene rings is 1. The molecular weight excluding hydrogens is 342 g/mol. The van der Waals surface area contributed by atoms with Gasteiger partial charge in [-0.3, -0.25) is 0 Å². The summed E-state index contributed by atoms with van der Waals surface area (Å²) in [5, 5.41) is 4.98. The Hall–Kier alpha value is -1.04. The van der Waals surface area contributed by atoms with Crippen LogP contribution in [0.1, 0.15) is 25.8 Å². The van der Waals surface area contributed by atoms with Crippen molar-refractivity contribution in [1.29, 1.82) is 0 Å². The first kappa shape index (κ1) is 19.3. The molecule has 1 N–H and O–H groups in total. The van der Waals surface area contributed by atoms with Gasteiger partial charge in [-0.15, -0.1) is 0 Å². The number of anilines is 1. The maximum absolute atomic E-state index is 6.14. The quantitative estimate of drug-likeness (QED) is 0.612. The Kier molecular flexibility index (Phi) is 7.59. The molecule has 134 valence electrons. The number of ether oxygens (including phenoxy) is 1. The van der Waals surface area contributed by atoms with Crippen molar-refractivity contribution in [2.75, 3.05) is 44.2 Å². The summed E-state index contributed by atoms with van der Waals surface area (Å²) in [5.74, 6) is 0. The average molecular weight is 370 g/mol. The van der Waals surface area contributed by atoms with Gasteiger partial charge in [0.1, 0.15) is 0 Å². The molecule has 0 saturated carbocycles. The SMILES string of the molecule is Cc1ccc(Cl)cc1N1CCN(C(=S)NCCCOC(C)C)CC1. The molecule has 6 heteroatoms. The molecular formula is C18H28ClN3OS. The van der Waals surface area contributed by atoms with Crippen LogP contribution in [0.25, 0.3) is 0 Å². The van der Waals surface area contributed by atoms with Gasteiger partial charge in [0.2, 0.25) is 0 Å². The first-order chi connectivity index (χ1) is 11.5. The first-order valence-electron chi connectivity index (χ1n) is 8.63. The van der Waals surface area contributed by atoms with Crippen LogP contribution in [0.3, 0.4) is 0 Å². The molecule has 2 rings (SSSR count). The summed E-state index contributed by atoms with van der Waals surface area (Å²) < 4.78 is 5.54. The lowest BCUT2D eigenvalue weighted by Gasteiger charge is -2.38. The predicted molar refractivity (Wildman–Crippen MR) is 106 cm³/mol. The van der Waals surface area contributed by atoms with Crippen LogP contribution in [-0.2, 0) is 4.74 Å². The van der Waals surface area contributed by atoms with Gasteiger partial charge >= 0.3 is 0 Å². The molecule has 1 fully saturated rings. The molecule has 1 aromatic rings. The smallest absolute Gasteiger partial charge is 0.169 e. The number of halogens is 1. The second kappa shape index (κ2) is 9.44. The number of piperazine rings is 1. The van der Waals surface area contributed by atoms with Crippen LogP contribution in [0.15, 0.2) is 18.2 Å². The molecule has 1 aliphatic rings. The molecule has 0 bridgehead atoms. The second-order valence-corrected chi connectivity index (χ2v) is 7.23. The van der Waals surface area contributed by atoms with Crippen molar-refractivity contribution in [2.24, 2.45) is 0 Å². The Morgan fingerprint density at radius 2 is 2.00 bits per heavy atom. The van der Waals surface area contributed by atoms with E-state index in [1.54, 1.807) is 0 Å². The number of thiocarbonyl (C=S) groups is 1. The minimum absolute atomic E-state index is 0.292. The van der Waals surface area contributed by atoms with Gasteiger partial charge in [-0.25, -0.2) is 0 Å². The van der Waals surface area contributed by atoms with Crippen LogP contribution in [0.2, 0.25) is 5.02 Å². The molecule has 1 aromatic carbocycles. The minimum Gasteiger partial charge on any atom is -0.379 e. The maximum Gasteiger partial charge on any atom is 0.169 e. The zero-order chi connectivity index (χ0) is 17.5. The Bertz CT molecular complexity index is 545. The van der Waals surface area contributed by atoms with E-state index in [4.69, 9.17) is 28.6 Å². The van der Waals surface area contributed by atoms with Crippen LogP contribution in [0.5, 0.6) is 0 Å². The highest BCUT2D eigenvalue weighted by atomic mass is 35.5. The highest BCUT2D eigenvalue weighted by Gasteiger charge is 2.20. The monoisotopic (exact) mass is 369 g/mol. The van der Waals surface area contributed by atoms with Crippen LogP contribution in [0, 0.1) is 6.92 Å². The number of hydrogen-bond acceptors (Lipinski definition) is 3. The van der Waals surface area contributed by atoms with E-state index in [-0.39, 0.29) is 0 Å². The first-order valence-corrected chi connectivity index (χ1v) is 9.41. The molecule has 24 heavy (non-hydrogen) atoms. The molecule has 0 unspecified atom stereocenters. The van der Waals surface area contributed by atoms with E-state index in [0.717, 1.165) is 55.9 Å². The van der Waals surface area contributed by atoms with Gasteiger partial charge < -0.3 is 19.9 Å². The summed E-state index contributed by atoms with van der Waals surface area (Å²) in [4.78, 5) is 4.63. The van der Waals surface area contributed by atoms with Gasteiger partial charge in [-0.2, -0.15) is 0 Å². The van der Waals surface area contributed by atoms with Crippen molar-refractivity contribution in [1.82, 2.24) is 10.2 Å². The number of aryl methyl sites for hydroxylation is 1. The van der Waals surface area contributed by atoms with E-state index in [2.05, 4.69) is 48.0 Å². The highest BCUT2D eigenvalue weighted by molar-refractivity contribution is 7.80. The second-order valence-electron chi connectivity index (χ2n) is 6.41. The fourth-order valence-electron chi connectivity index (χ4n) is 2.77. The minimum atomic E-state index is 0.292. The van der Waals surface area contributed by atoms with Crippen LogP contribution in [0.4, 0.5) is 5.69 Å². The Labute approximate surface area is 156 Å². The molecule has 0 atom stereocenters. The third-order valence-corrected chi connectivity index (χ3v) is 4.76. The van der Waals surface area contributed by atoms with Gasteiger partial charge in [0.25, 0.3) is 0 Å². The Morgan fingerprint density at radius 3 is 2.67 bits per heavy atom. The summed E-state index contributed by atoms with van der Waals surface area (Å²) >= 11 is 11.7. The van der Waals surface area contributed by atoms with E-state index in [1.807, 2.05) is 6.07 Å². The zero-order valence-corrected chi connectivity index (χ0v) is 16.4. The molecule has 4 nitrogen and oxygen atoms in total. The molecule has 0 aromatic heterocycles. The summed E-state index contributed by atoms with van der Waals surface area (Å²) in [6.07, 6.45) is 1.26. The standard InChI is InChI=1S/C18H28ClN3OS/c1-14(2)23-12-4-7-20-18(24)22-10-8-21(9-11-22)17-13-16(19)6-5-15(17)3/h5-6,13-14H,4,7-12H2,1-3H3,(H,20,24). The summed E-state index contributed by atoms with van der Waals surface area (Å²) in [5.41, 5.74) is 2.49. The van der Waals surface area contributed by atoms with Crippen molar-refractivity contribution in [3.8, 4) is 0 Å². The van der Waals surface area contributed by atoms with Crippen LogP contribution < -0.4 is 10.2 Å². The van der Waals surface area contributed by atoms with Crippen LogP contribution >= 0.6 is 23.8 Å². The molecule has 0 amide bonds. The van der Waals surface area contributed by atoms with E-state index < -0.39 is 0 Å². The lowest BCUT2D eigenvalue weighted by Crippen LogP contribution is -2.52. The molecule has 0 radical (unpaired) electrons. The third-order valence-electron chi connectivity index (χ3n) is 4.13. The molecule has 1 aliphatic heterocycles. The lowest BCUT2D eigenvalue weighted by atomic mass is 10.1. The summed E-state index contributed by atoms with van der Waals surface area (Å²) in [6, 6.07) is 6.08. The molecule has 1 saturated heterocycles. The number of nitrogens with zero attached hydrogens (tertiary/aromatic N) is 2. The fraction of sp³-hybridized carbons (Fsp3) is 0.611. The van der Waals surface area contributed by atoms with Crippen molar-refractivity contribution >= 4 is 34.6 Å². The molecule has 0 spiro atoms. The number of rotatable bonds is 6. The number of nitrogens with one attached hydrogen (secondary N) is 1. The molecule has 1 heterocycles. The Morgan fingerprint density at radius 1 is 1.29 bits per heavy atom. The normalized spacial score (nSPS) is 15.0. The third kappa shape index (κ3) is 5.80. The predicted octanol–water partition coefficient (Wildman–Crippen LogP) is 3.46. The Balaban J connectivity index is 1.74. The van der Waals surface area contributed by atoms with Gasteiger partial charge in [0.15, 0.2) is 5.11 Å². The van der Waals surface area contributed by atoms with Gasteiger partial charge in [0.05, 0.1) is 6.10 Å². The maximum atomic E-state index is 6.14. The van der Waals surface area contributed by atoms with Gasteiger partial charge in [0, 0.05) is 50.0 Å². The fourth-order valence-corrected chi connectivity index (χ4v) is 3.22. The van der Waals surface area contributed by atoms with E-state index in [9.17, 15) is 0 Å². The van der Waals surface area contributed by atoms with E-state index >= 15 is 0 Å². The summed E-state index contributed by atoms with van der Waals surface area (Å²) in [6.45, 7) is 11.6. The zero-order valence-electron chi connectivity index (χ0n) is 14.8. The van der Waals surface area contributed by atoms with Gasteiger partial charge in [-0.1, -0.05) is 17.7 Å². The van der Waals surface area contributed by atoms with E-state index in [1.165, 1.54) is 11.3 Å². The van der Waals surface area contributed by atoms with E-state index in [0.29, 0.717) is 6.10 Å². The highest BCUT2D eigenvalue weighted by Crippen LogP contribution is 2.25. The van der Waals surface area contributed by atoms with Crippen molar-refractivity contribution in [2.45, 2.75) is 33.3 Å². The lowest BCUT2D eigenvalue weighted by molar-refractivity contribution is 0.0776. The largest absolute Gasteiger partial charge is 0.379 e.